The molecule has 20 heavy (non-hydrogen) atoms. The first-order valence-electron chi connectivity index (χ1n) is 6.17. The molecule has 1 aliphatic rings. The standard InChI is InChI=1S/C13H15BrFNO3S/c1-8-9(2)12(4-3-11(8)14)16-6-10(5-13(16)17)7-20(15,18)19/h3-4,10H,5-7H2,1-2H3. The van der Waals surface area contributed by atoms with E-state index < -0.39 is 21.9 Å². The summed E-state index contributed by atoms with van der Waals surface area (Å²) in [5.41, 5.74) is 2.74. The molecule has 1 saturated heterocycles. The second-order valence-corrected chi connectivity index (χ2v) is 7.36. The highest BCUT2D eigenvalue weighted by atomic mass is 79.9. The van der Waals surface area contributed by atoms with Crippen LogP contribution in [0.15, 0.2) is 16.6 Å². The zero-order chi connectivity index (χ0) is 15.1. The van der Waals surface area contributed by atoms with Gasteiger partial charge in [-0.15, -0.1) is 3.89 Å². The van der Waals surface area contributed by atoms with Crippen LogP contribution in [0.4, 0.5) is 9.57 Å². The van der Waals surface area contributed by atoms with Gasteiger partial charge >= 0.3 is 10.2 Å². The molecule has 1 fully saturated rings. The number of nitrogens with zero attached hydrogens (tertiary/aromatic N) is 1. The Morgan fingerprint density at radius 2 is 2.00 bits per heavy atom. The number of carbonyl (C=O) groups excluding carboxylic acids is 1. The summed E-state index contributed by atoms with van der Waals surface area (Å²) in [4.78, 5) is 13.6. The molecule has 0 N–H and O–H groups in total. The van der Waals surface area contributed by atoms with E-state index in [9.17, 15) is 17.1 Å². The molecule has 0 aromatic heterocycles. The van der Waals surface area contributed by atoms with Gasteiger partial charge in [-0.25, -0.2) is 0 Å². The van der Waals surface area contributed by atoms with Gasteiger partial charge in [-0.3, -0.25) is 4.79 Å². The van der Waals surface area contributed by atoms with Gasteiger partial charge in [-0.2, -0.15) is 8.42 Å². The number of hydrogen-bond acceptors (Lipinski definition) is 3. The summed E-state index contributed by atoms with van der Waals surface area (Å²) >= 11 is 3.42. The van der Waals surface area contributed by atoms with E-state index in [0.717, 1.165) is 21.3 Å². The minimum absolute atomic E-state index is 0.0672. The van der Waals surface area contributed by atoms with Crippen LogP contribution in [-0.2, 0) is 15.0 Å². The number of carbonyl (C=O) groups is 1. The summed E-state index contributed by atoms with van der Waals surface area (Å²) in [6.07, 6.45) is 0.0672. The highest BCUT2D eigenvalue weighted by molar-refractivity contribution is 9.10. The molecule has 110 valence electrons. The van der Waals surface area contributed by atoms with Crippen LogP contribution in [-0.4, -0.2) is 26.6 Å². The van der Waals surface area contributed by atoms with Crippen molar-refractivity contribution >= 4 is 37.7 Å². The molecule has 1 aromatic carbocycles. The summed E-state index contributed by atoms with van der Waals surface area (Å²) in [6.45, 7) is 4.08. The monoisotopic (exact) mass is 363 g/mol. The van der Waals surface area contributed by atoms with E-state index in [1.54, 1.807) is 4.90 Å². The fraction of sp³-hybridized carbons (Fsp3) is 0.462. The Hall–Kier alpha value is -0.950. The van der Waals surface area contributed by atoms with E-state index in [4.69, 9.17) is 0 Å². The minimum atomic E-state index is -4.55. The molecule has 1 atom stereocenters. The number of hydrogen-bond donors (Lipinski definition) is 0. The van der Waals surface area contributed by atoms with Crippen LogP contribution >= 0.6 is 15.9 Å². The maximum atomic E-state index is 12.7. The van der Waals surface area contributed by atoms with Gasteiger partial charge in [0.25, 0.3) is 0 Å². The van der Waals surface area contributed by atoms with Crippen LogP contribution in [0.2, 0.25) is 0 Å². The lowest BCUT2D eigenvalue weighted by atomic mass is 10.1. The summed E-state index contributed by atoms with van der Waals surface area (Å²) in [5.74, 6) is -1.24. The van der Waals surface area contributed by atoms with E-state index >= 15 is 0 Å². The lowest BCUT2D eigenvalue weighted by Gasteiger charge is -2.20. The molecular weight excluding hydrogens is 349 g/mol. The van der Waals surface area contributed by atoms with Crippen molar-refractivity contribution in [2.45, 2.75) is 20.3 Å². The van der Waals surface area contributed by atoms with Gasteiger partial charge in [0.2, 0.25) is 5.91 Å². The molecule has 0 spiro atoms. The molecule has 1 unspecified atom stereocenters. The fourth-order valence-electron chi connectivity index (χ4n) is 2.47. The highest BCUT2D eigenvalue weighted by Gasteiger charge is 2.34. The van der Waals surface area contributed by atoms with Gasteiger partial charge in [0.15, 0.2) is 0 Å². The van der Waals surface area contributed by atoms with E-state index in [-0.39, 0.29) is 18.9 Å². The van der Waals surface area contributed by atoms with E-state index in [0.29, 0.717) is 0 Å². The maximum absolute atomic E-state index is 12.7. The average molecular weight is 364 g/mol. The van der Waals surface area contributed by atoms with Crippen LogP contribution in [0.3, 0.4) is 0 Å². The van der Waals surface area contributed by atoms with Crippen molar-refractivity contribution in [3.8, 4) is 0 Å². The molecule has 0 bridgehead atoms. The van der Waals surface area contributed by atoms with Crippen LogP contribution in [0.1, 0.15) is 17.5 Å². The maximum Gasteiger partial charge on any atom is 0.302 e. The van der Waals surface area contributed by atoms with Crippen molar-refractivity contribution in [1.29, 1.82) is 0 Å². The van der Waals surface area contributed by atoms with Gasteiger partial charge in [0.1, 0.15) is 0 Å². The fourth-order valence-corrected chi connectivity index (χ4v) is 3.69. The lowest BCUT2D eigenvalue weighted by Crippen LogP contribution is -2.26. The van der Waals surface area contributed by atoms with Crippen molar-refractivity contribution in [3.05, 3.63) is 27.7 Å². The zero-order valence-electron chi connectivity index (χ0n) is 11.2. The first kappa shape index (κ1) is 15.4. The molecule has 2 rings (SSSR count). The summed E-state index contributed by atoms with van der Waals surface area (Å²) in [6, 6.07) is 3.67. The molecule has 7 heteroatoms. The number of halogens is 2. The Morgan fingerprint density at radius 1 is 1.35 bits per heavy atom. The molecule has 1 aromatic rings. The Kier molecular flexibility index (Phi) is 4.20. The topological polar surface area (TPSA) is 54.5 Å². The van der Waals surface area contributed by atoms with Crippen molar-refractivity contribution in [1.82, 2.24) is 0 Å². The van der Waals surface area contributed by atoms with Crippen LogP contribution in [0, 0.1) is 19.8 Å². The molecule has 0 radical (unpaired) electrons. The second-order valence-electron chi connectivity index (χ2n) is 5.10. The van der Waals surface area contributed by atoms with Gasteiger partial charge < -0.3 is 4.90 Å². The van der Waals surface area contributed by atoms with Crippen LogP contribution in [0.5, 0.6) is 0 Å². The first-order valence-corrected chi connectivity index (χ1v) is 8.52. The van der Waals surface area contributed by atoms with Crippen molar-refractivity contribution in [2.75, 3.05) is 17.2 Å². The van der Waals surface area contributed by atoms with Crippen LogP contribution < -0.4 is 4.90 Å². The SMILES string of the molecule is Cc1c(Br)ccc(N2CC(CS(=O)(=O)F)CC2=O)c1C. The summed E-state index contributed by atoms with van der Waals surface area (Å²) in [5, 5.41) is 0. The predicted octanol–water partition coefficient (Wildman–Crippen LogP) is 2.72. The predicted molar refractivity (Wildman–Crippen MR) is 79.0 cm³/mol. The molecular formula is C13H15BrFNO3S. The van der Waals surface area contributed by atoms with Gasteiger partial charge in [0, 0.05) is 29.0 Å². The van der Waals surface area contributed by atoms with E-state index in [1.165, 1.54) is 0 Å². The van der Waals surface area contributed by atoms with Gasteiger partial charge in [-0.05, 0) is 37.1 Å². The Bertz CT molecular complexity index is 660. The van der Waals surface area contributed by atoms with Crippen molar-refractivity contribution < 1.29 is 17.1 Å². The lowest BCUT2D eigenvalue weighted by molar-refractivity contribution is -0.117. The quantitative estimate of drug-likeness (QED) is 0.775. The Balaban J connectivity index is 2.27. The van der Waals surface area contributed by atoms with E-state index in [1.807, 2.05) is 26.0 Å². The van der Waals surface area contributed by atoms with Gasteiger partial charge in [-0.1, -0.05) is 15.9 Å². The number of rotatable bonds is 3. The smallest absolute Gasteiger partial charge is 0.302 e. The second kappa shape index (κ2) is 5.44. The summed E-state index contributed by atoms with van der Waals surface area (Å²) < 4.78 is 35.1. The number of amides is 1. The molecule has 4 nitrogen and oxygen atoms in total. The third-order valence-electron chi connectivity index (χ3n) is 3.62. The van der Waals surface area contributed by atoms with Crippen molar-refractivity contribution in [3.63, 3.8) is 0 Å². The molecule has 0 saturated carbocycles. The largest absolute Gasteiger partial charge is 0.312 e. The summed E-state index contributed by atoms with van der Waals surface area (Å²) in [7, 11) is -4.55. The minimum Gasteiger partial charge on any atom is -0.312 e. The van der Waals surface area contributed by atoms with Crippen LogP contribution in [0.25, 0.3) is 0 Å². The number of benzene rings is 1. The molecule has 0 aliphatic carbocycles. The zero-order valence-corrected chi connectivity index (χ0v) is 13.6. The molecule has 1 amide bonds. The molecule has 1 aliphatic heterocycles. The third kappa shape index (κ3) is 3.20. The van der Waals surface area contributed by atoms with Crippen molar-refractivity contribution in [2.24, 2.45) is 5.92 Å². The average Bonchev–Trinajstić information content (AvgIpc) is 2.65. The van der Waals surface area contributed by atoms with Gasteiger partial charge in [0.05, 0.1) is 5.75 Å². The first-order chi connectivity index (χ1) is 9.19. The number of anilines is 1. The Morgan fingerprint density at radius 3 is 2.60 bits per heavy atom. The third-order valence-corrected chi connectivity index (χ3v) is 5.35. The highest BCUT2D eigenvalue weighted by Crippen LogP contribution is 2.32. The van der Waals surface area contributed by atoms with E-state index in [2.05, 4.69) is 15.9 Å². The normalized spacial score (nSPS) is 19.7. The molecule has 1 heterocycles. The Labute approximate surface area is 126 Å².